The van der Waals surface area contributed by atoms with Crippen LogP contribution in [0.5, 0.6) is 0 Å². The molecule has 0 aliphatic carbocycles. The van der Waals surface area contributed by atoms with Crippen molar-refractivity contribution in [3.8, 4) is 0 Å². The van der Waals surface area contributed by atoms with Crippen LogP contribution in [0.4, 0.5) is 0 Å². The maximum absolute atomic E-state index is 11.6. The zero-order valence-electron chi connectivity index (χ0n) is 9.14. The second-order valence-electron chi connectivity index (χ2n) is 3.72. The summed E-state index contributed by atoms with van der Waals surface area (Å²) in [5.74, 6) is 0. The first kappa shape index (κ1) is 12.1. The molecule has 15 heavy (non-hydrogen) atoms. The molecule has 0 unspecified atom stereocenters. The molecule has 0 aromatic carbocycles. The lowest BCUT2D eigenvalue weighted by atomic mass is 10.2. The van der Waals surface area contributed by atoms with Crippen LogP contribution < -0.4 is 4.72 Å². The topological polar surface area (TPSA) is 59.1 Å². The van der Waals surface area contributed by atoms with Gasteiger partial charge in [0.05, 0.1) is 5.25 Å². The second-order valence-corrected chi connectivity index (χ2v) is 5.99. The molecular formula is C10H16N2O2S. The van der Waals surface area contributed by atoms with Gasteiger partial charge in [-0.05, 0) is 32.4 Å². The third kappa shape index (κ3) is 3.28. The van der Waals surface area contributed by atoms with Gasteiger partial charge in [0.1, 0.15) is 0 Å². The summed E-state index contributed by atoms with van der Waals surface area (Å²) in [6.07, 6.45) is 3.32. The second kappa shape index (κ2) is 4.72. The van der Waals surface area contributed by atoms with Gasteiger partial charge >= 0.3 is 0 Å². The van der Waals surface area contributed by atoms with Crippen LogP contribution in [0.1, 0.15) is 32.4 Å². The summed E-state index contributed by atoms with van der Waals surface area (Å²) >= 11 is 0. The number of sulfonamides is 1. The number of hydrogen-bond donors (Lipinski definition) is 1. The molecule has 1 heterocycles. The number of pyridine rings is 1. The number of nitrogens with one attached hydrogen (secondary N) is 1. The molecule has 0 radical (unpaired) electrons. The van der Waals surface area contributed by atoms with Crippen LogP contribution in [0.2, 0.25) is 0 Å². The molecule has 0 spiro atoms. The Labute approximate surface area is 90.8 Å². The first-order valence-electron chi connectivity index (χ1n) is 4.84. The molecule has 4 nitrogen and oxygen atoms in total. The molecule has 5 heteroatoms. The van der Waals surface area contributed by atoms with Crippen LogP contribution in [0.25, 0.3) is 0 Å². The first-order valence-corrected chi connectivity index (χ1v) is 6.39. The number of hydrogen-bond acceptors (Lipinski definition) is 3. The summed E-state index contributed by atoms with van der Waals surface area (Å²) in [5.41, 5.74) is 0.863. The van der Waals surface area contributed by atoms with Gasteiger partial charge in [0.2, 0.25) is 10.0 Å². The van der Waals surface area contributed by atoms with Crippen molar-refractivity contribution in [1.29, 1.82) is 0 Å². The monoisotopic (exact) mass is 228 g/mol. The van der Waals surface area contributed by atoms with Crippen LogP contribution in [0.15, 0.2) is 24.5 Å². The summed E-state index contributed by atoms with van der Waals surface area (Å²) in [4.78, 5) is 3.95. The van der Waals surface area contributed by atoms with E-state index in [1.807, 2.05) is 6.07 Å². The smallest absolute Gasteiger partial charge is 0.214 e. The Balaban J connectivity index is 2.77. The van der Waals surface area contributed by atoms with E-state index in [0.29, 0.717) is 0 Å². The van der Waals surface area contributed by atoms with E-state index >= 15 is 0 Å². The Kier molecular flexibility index (Phi) is 3.82. The number of rotatable bonds is 4. The normalized spacial score (nSPS) is 14.1. The van der Waals surface area contributed by atoms with Crippen molar-refractivity contribution in [3.05, 3.63) is 30.1 Å². The lowest BCUT2D eigenvalue weighted by molar-refractivity contribution is 0.557. The molecule has 1 N–H and O–H groups in total. The largest absolute Gasteiger partial charge is 0.264 e. The third-order valence-electron chi connectivity index (χ3n) is 2.15. The standard InChI is InChI=1S/C10H16N2O2S/c1-8(2)15(13,14)12-9(3)10-5-4-6-11-7-10/h4-9,12H,1-3H3/t9-/m1/s1. The maximum Gasteiger partial charge on any atom is 0.214 e. The zero-order chi connectivity index (χ0) is 11.5. The van der Waals surface area contributed by atoms with E-state index in [9.17, 15) is 8.42 Å². The van der Waals surface area contributed by atoms with Gasteiger partial charge in [0.25, 0.3) is 0 Å². The summed E-state index contributed by atoms with van der Waals surface area (Å²) in [5, 5.41) is -0.420. The molecular weight excluding hydrogens is 212 g/mol. The SMILES string of the molecule is CC(C)S(=O)(=O)N[C@H](C)c1cccnc1. The maximum atomic E-state index is 11.6. The highest BCUT2D eigenvalue weighted by molar-refractivity contribution is 7.90. The minimum Gasteiger partial charge on any atom is -0.264 e. The van der Waals surface area contributed by atoms with Crippen molar-refractivity contribution in [1.82, 2.24) is 9.71 Å². The summed E-state index contributed by atoms with van der Waals surface area (Å²) in [6, 6.07) is 3.39. The fraction of sp³-hybridized carbons (Fsp3) is 0.500. The van der Waals surface area contributed by atoms with Gasteiger partial charge in [-0.25, -0.2) is 13.1 Å². The van der Waals surface area contributed by atoms with Crippen molar-refractivity contribution in [2.45, 2.75) is 32.1 Å². The Bertz CT molecular complexity index is 401. The predicted octanol–water partition coefficient (Wildman–Crippen LogP) is 1.47. The Morgan fingerprint density at radius 1 is 1.33 bits per heavy atom. The molecule has 0 bridgehead atoms. The summed E-state index contributed by atoms with van der Waals surface area (Å²) in [6.45, 7) is 5.10. The van der Waals surface area contributed by atoms with Gasteiger partial charge < -0.3 is 0 Å². The van der Waals surface area contributed by atoms with Crippen molar-refractivity contribution >= 4 is 10.0 Å². The number of aromatic nitrogens is 1. The average molecular weight is 228 g/mol. The fourth-order valence-corrected chi connectivity index (χ4v) is 1.98. The Morgan fingerprint density at radius 2 is 2.00 bits per heavy atom. The Morgan fingerprint density at radius 3 is 2.47 bits per heavy atom. The average Bonchev–Trinajstić information content (AvgIpc) is 2.18. The van der Waals surface area contributed by atoms with E-state index in [1.54, 1.807) is 39.2 Å². The molecule has 1 rings (SSSR count). The zero-order valence-corrected chi connectivity index (χ0v) is 9.95. The summed E-state index contributed by atoms with van der Waals surface area (Å²) < 4.78 is 25.8. The van der Waals surface area contributed by atoms with Crippen LogP contribution in [0, 0.1) is 0 Å². The molecule has 1 aromatic heterocycles. The van der Waals surface area contributed by atoms with E-state index in [4.69, 9.17) is 0 Å². The lowest BCUT2D eigenvalue weighted by Gasteiger charge is -2.15. The van der Waals surface area contributed by atoms with Crippen molar-refractivity contribution < 1.29 is 8.42 Å². The first-order chi connectivity index (χ1) is 6.93. The van der Waals surface area contributed by atoms with Gasteiger partial charge in [-0.2, -0.15) is 0 Å². The van der Waals surface area contributed by atoms with E-state index < -0.39 is 15.3 Å². The molecule has 0 saturated heterocycles. The van der Waals surface area contributed by atoms with E-state index in [-0.39, 0.29) is 6.04 Å². The highest BCUT2D eigenvalue weighted by Gasteiger charge is 2.19. The minimum absolute atomic E-state index is 0.244. The molecule has 0 aliphatic rings. The molecule has 1 atom stereocenters. The van der Waals surface area contributed by atoms with Crippen LogP contribution in [-0.4, -0.2) is 18.7 Å². The van der Waals surface area contributed by atoms with Crippen molar-refractivity contribution in [2.75, 3.05) is 0 Å². The van der Waals surface area contributed by atoms with E-state index in [1.165, 1.54) is 0 Å². The minimum atomic E-state index is -3.22. The van der Waals surface area contributed by atoms with Crippen LogP contribution >= 0.6 is 0 Å². The molecule has 0 aliphatic heterocycles. The number of nitrogens with zero attached hydrogens (tertiary/aromatic N) is 1. The van der Waals surface area contributed by atoms with Gasteiger partial charge in [-0.15, -0.1) is 0 Å². The highest BCUT2D eigenvalue weighted by atomic mass is 32.2. The van der Waals surface area contributed by atoms with Gasteiger partial charge in [0.15, 0.2) is 0 Å². The quantitative estimate of drug-likeness (QED) is 0.849. The molecule has 84 valence electrons. The molecule has 0 amide bonds. The van der Waals surface area contributed by atoms with Gasteiger partial charge in [-0.3, -0.25) is 4.98 Å². The van der Waals surface area contributed by atoms with Gasteiger partial charge in [0, 0.05) is 18.4 Å². The van der Waals surface area contributed by atoms with E-state index in [0.717, 1.165) is 5.56 Å². The fourth-order valence-electron chi connectivity index (χ4n) is 1.08. The Hall–Kier alpha value is -0.940. The predicted molar refractivity (Wildman–Crippen MR) is 59.8 cm³/mol. The molecule has 0 fully saturated rings. The van der Waals surface area contributed by atoms with Crippen LogP contribution in [-0.2, 0) is 10.0 Å². The van der Waals surface area contributed by atoms with E-state index in [2.05, 4.69) is 9.71 Å². The lowest BCUT2D eigenvalue weighted by Crippen LogP contribution is -2.32. The highest BCUT2D eigenvalue weighted by Crippen LogP contribution is 2.12. The third-order valence-corrected chi connectivity index (χ3v) is 4.07. The van der Waals surface area contributed by atoms with Crippen LogP contribution in [0.3, 0.4) is 0 Å². The molecule has 1 aromatic rings. The van der Waals surface area contributed by atoms with Crippen molar-refractivity contribution in [2.24, 2.45) is 0 Å². The van der Waals surface area contributed by atoms with Gasteiger partial charge in [-0.1, -0.05) is 6.07 Å². The van der Waals surface area contributed by atoms with Crippen molar-refractivity contribution in [3.63, 3.8) is 0 Å². The molecule has 0 saturated carbocycles. The summed E-state index contributed by atoms with van der Waals surface area (Å²) in [7, 11) is -3.22.